The molecule has 0 amide bonds. The van der Waals surface area contributed by atoms with Crippen LogP contribution in [-0.2, 0) is 23.4 Å². The molecule has 1 aliphatic carbocycles. The molecule has 5 rings (SSSR count). The van der Waals surface area contributed by atoms with Gasteiger partial charge in [-0.3, -0.25) is 14.0 Å². The maximum atomic E-state index is 13.5. The predicted octanol–water partition coefficient (Wildman–Crippen LogP) is 2.01. The van der Waals surface area contributed by atoms with E-state index in [9.17, 15) is 19.8 Å². The summed E-state index contributed by atoms with van der Waals surface area (Å²) < 4.78 is 1.53. The molecule has 0 radical (unpaired) electrons. The topological polar surface area (TPSA) is 95.1 Å². The molecule has 1 atom stereocenters. The number of Topliss-reactive ketones (excluding diaryl/α,β-unsaturated/α-hetero) is 1. The van der Waals surface area contributed by atoms with E-state index in [-0.39, 0.29) is 29.9 Å². The first kappa shape index (κ1) is 20.6. The second kappa shape index (κ2) is 6.85. The Balaban J connectivity index is 1.92. The van der Waals surface area contributed by atoms with Crippen LogP contribution in [0, 0.1) is 0 Å². The Hall–Kier alpha value is -3.29. The molecule has 32 heavy (non-hydrogen) atoms. The lowest BCUT2D eigenvalue weighted by molar-refractivity contribution is -0.139. The number of phenolic OH excluding ortho intramolecular Hbond substituents is 1. The van der Waals surface area contributed by atoms with Gasteiger partial charge < -0.3 is 15.1 Å². The van der Waals surface area contributed by atoms with Crippen molar-refractivity contribution in [3.63, 3.8) is 0 Å². The van der Waals surface area contributed by atoms with Gasteiger partial charge in [0.15, 0.2) is 5.78 Å². The summed E-state index contributed by atoms with van der Waals surface area (Å²) in [4.78, 5) is 32.8. The molecule has 0 fully saturated rings. The molecule has 7 heteroatoms. The number of aliphatic hydroxyl groups is 1. The minimum absolute atomic E-state index is 0.140. The Morgan fingerprint density at radius 3 is 2.62 bits per heavy atom. The number of ketones is 1. The summed E-state index contributed by atoms with van der Waals surface area (Å²) in [5.41, 5.74) is 1.47. The van der Waals surface area contributed by atoms with Gasteiger partial charge in [-0.2, -0.15) is 0 Å². The third-order valence-corrected chi connectivity index (χ3v) is 6.71. The zero-order chi connectivity index (χ0) is 22.9. The van der Waals surface area contributed by atoms with Crippen molar-refractivity contribution >= 4 is 39.7 Å². The molecule has 1 aliphatic rings. The van der Waals surface area contributed by atoms with Crippen LogP contribution in [0.1, 0.15) is 36.5 Å². The Morgan fingerprint density at radius 1 is 1.19 bits per heavy atom. The molecule has 0 bridgehead atoms. The summed E-state index contributed by atoms with van der Waals surface area (Å²) in [6, 6.07) is 7.02. The van der Waals surface area contributed by atoms with Crippen molar-refractivity contribution in [2.75, 3.05) is 14.1 Å². The van der Waals surface area contributed by atoms with Gasteiger partial charge in [0.25, 0.3) is 5.56 Å². The van der Waals surface area contributed by atoms with E-state index in [0.717, 1.165) is 10.9 Å². The minimum atomic E-state index is -1.66. The van der Waals surface area contributed by atoms with Gasteiger partial charge in [-0.25, -0.2) is 4.98 Å². The second-order valence-electron chi connectivity index (χ2n) is 8.90. The van der Waals surface area contributed by atoms with Crippen molar-refractivity contribution in [3.05, 3.63) is 56.7 Å². The molecule has 3 heterocycles. The highest BCUT2D eigenvalue weighted by Gasteiger charge is 2.42. The Kier molecular flexibility index (Phi) is 4.41. The van der Waals surface area contributed by atoms with E-state index in [2.05, 4.69) is 6.58 Å². The monoisotopic (exact) mass is 431 g/mol. The van der Waals surface area contributed by atoms with E-state index < -0.39 is 5.60 Å². The smallest absolute Gasteiger partial charge is 0.259 e. The highest BCUT2D eigenvalue weighted by Crippen LogP contribution is 2.36. The van der Waals surface area contributed by atoms with Gasteiger partial charge in [-0.1, -0.05) is 13.5 Å². The number of hydrogen-bond acceptors (Lipinski definition) is 6. The first-order valence-electron chi connectivity index (χ1n) is 10.7. The molecule has 0 saturated heterocycles. The molecule has 164 valence electrons. The van der Waals surface area contributed by atoms with Crippen molar-refractivity contribution < 1.29 is 15.0 Å². The number of aromatic nitrogens is 2. The lowest BCUT2D eigenvalue weighted by Crippen LogP contribution is -2.43. The van der Waals surface area contributed by atoms with Crippen LogP contribution in [0.25, 0.3) is 33.9 Å². The van der Waals surface area contributed by atoms with E-state index >= 15 is 0 Å². The fraction of sp³-hybridized carbons (Fsp3) is 0.320. The summed E-state index contributed by atoms with van der Waals surface area (Å²) in [6.45, 7) is 6.43. The number of nitrogens with zero attached hydrogens (tertiary/aromatic N) is 3. The Morgan fingerprint density at radius 2 is 1.94 bits per heavy atom. The average Bonchev–Trinajstić information content (AvgIpc) is 3.03. The third kappa shape index (κ3) is 2.64. The lowest BCUT2D eigenvalue weighted by atomic mass is 9.77. The molecular weight excluding hydrogens is 406 g/mol. The van der Waals surface area contributed by atoms with Gasteiger partial charge in [-0.15, -0.1) is 0 Å². The van der Waals surface area contributed by atoms with Crippen LogP contribution in [0.15, 0.2) is 29.1 Å². The van der Waals surface area contributed by atoms with Gasteiger partial charge in [0.1, 0.15) is 11.4 Å². The van der Waals surface area contributed by atoms with Gasteiger partial charge >= 0.3 is 0 Å². The fourth-order valence-corrected chi connectivity index (χ4v) is 4.99. The molecule has 0 spiro atoms. The van der Waals surface area contributed by atoms with Gasteiger partial charge in [0, 0.05) is 40.4 Å². The number of fused-ring (bicyclic) bond motifs is 5. The third-order valence-electron chi connectivity index (χ3n) is 6.71. The van der Waals surface area contributed by atoms with Crippen LogP contribution < -0.4 is 10.9 Å². The molecule has 0 unspecified atom stereocenters. The summed E-state index contributed by atoms with van der Waals surface area (Å²) >= 11 is 0. The predicted molar refractivity (Wildman–Crippen MR) is 124 cm³/mol. The van der Waals surface area contributed by atoms with Crippen molar-refractivity contribution in [2.45, 2.75) is 38.3 Å². The van der Waals surface area contributed by atoms with Crippen LogP contribution >= 0.6 is 0 Å². The Bertz CT molecular complexity index is 1550. The summed E-state index contributed by atoms with van der Waals surface area (Å²) in [7, 11) is 3.85. The van der Waals surface area contributed by atoms with Crippen molar-refractivity contribution in [1.82, 2.24) is 14.3 Å². The highest BCUT2D eigenvalue weighted by atomic mass is 16.3. The van der Waals surface area contributed by atoms with Gasteiger partial charge in [0.2, 0.25) is 0 Å². The van der Waals surface area contributed by atoms with Gasteiger partial charge in [-0.05, 0) is 51.2 Å². The first-order valence-corrected chi connectivity index (χ1v) is 10.7. The maximum Gasteiger partial charge on any atom is 0.259 e. The minimum Gasteiger partial charge on any atom is -0.508 e. The van der Waals surface area contributed by atoms with Crippen molar-refractivity contribution in [1.29, 1.82) is 0 Å². The van der Waals surface area contributed by atoms with Crippen LogP contribution in [-0.4, -0.2) is 44.4 Å². The normalized spacial score (nSPS) is 18.8. The van der Waals surface area contributed by atoms with Crippen molar-refractivity contribution in [2.24, 2.45) is 0 Å². The van der Waals surface area contributed by atoms with Crippen LogP contribution in [0.3, 0.4) is 0 Å². The highest BCUT2D eigenvalue weighted by molar-refractivity contribution is 6.03. The Labute approximate surface area is 184 Å². The summed E-state index contributed by atoms with van der Waals surface area (Å²) in [5, 5.41) is 23.6. The number of aromatic hydroxyl groups is 1. The summed E-state index contributed by atoms with van der Waals surface area (Å²) in [6.07, 6.45) is 0.643. The molecule has 0 saturated carbocycles. The fourth-order valence-electron chi connectivity index (χ4n) is 4.99. The van der Waals surface area contributed by atoms with E-state index in [1.54, 1.807) is 25.1 Å². The van der Waals surface area contributed by atoms with Crippen LogP contribution in [0.5, 0.6) is 5.75 Å². The largest absolute Gasteiger partial charge is 0.508 e. The number of benzene rings is 1. The standard InChI is InChI=1S/C25H25N3O4/c1-5-25(32)18-11-20-23-15(13(2)28(20)24(31)14(18)6-9-22(25)30)10-16-17(12-27(3)4)21(29)8-7-19(16)26-23/h7-8,10-11,29,32H,2,5-6,9,12H2,1,3-4H3/t25-/m0/s1. The zero-order valence-electron chi connectivity index (χ0n) is 18.4. The van der Waals surface area contributed by atoms with E-state index in [4.69, 9.17) is 4.98 Å². The SMILES string of the molecule is C=c1c2cc3c(CN(C)C)c(O)ccc3nc2c2cc3c(c(=O)n12)CCC(=O)[C@]3(O)CC. The number of pyridine rings is 2. The number of rotatable bonds is 3. The zero-order valence-corrected chi connectivity index (χ0v) is 18.4. The summed E-state index contributed by atoms with van der Waals surface area (Å²) in [5.74, 6) is -0.0719. The maximum absolute atomic E-state index is 13.5. The molecule has 4 aromatic rings. The van der Waals surface area contributed by atoms with Gasteiger partial charge in [0.05, 0.1) is 21.9 Å². The average molecular weight is 431 g/mol. The number of carbonyl (C=O) groups is 1. The molecule has 2 N–H and O–H groups in total. The lowest BCUT2D eigenvalue weighted by Gasteiger charge is -2.31. The molecule has 1 aromatic carbocycles. The van der Waals surface area contributed by atoms with Crippen LogP contribution in [0.4, 0.5) is 0 Å². The quantitative estimate of drug-likeness (QED) is 0.515. The molecule has 7 nitrogen and oxygen atoms in total. The first-order chi connectivity index (χ1) is 15.2. The van der Waals surface area contributed by atoms with E-state index in [0.29, 0.717) is 51.4 Å². The van der Waals surface area contributed by atoms with E-state index in [1.165, 1.54) is 4.40 Å². The molecule has 0 aliphatic heterocycles. The second-order valence-corrected chi connectivity index (χ2v) is 8.90. The number of carbonyl (C=O) groups excluding carboxylic acids is 1. The van der Waals surface area contributed by atoms with E-state index in [1.807, 2.05) is 25.1 Å². The number of phenols is 1. The molecular formula is C25H25N3O4. The number of hydrogen-bond donors (Lipinski definition) is 2. The molecule has 3 aromatic heterocycles. The van der Waals surface area contributed by atoms with Crippen molar-refractivity contribution in [3.8, 4) is 5.75 Å². The van der Waals surface area contributed by atoms with Crippen LogP contribution in [0.2, 0.25) is 0 Å².